The Balaban J connectivity index is 1.61. The largest absolute Gasteiger partial charge is 0.480 e. The van der Waals surface area contributed by atoms with Gasteiger partial charge in [0.25, 0.3) is 5.89 Å². The summed E-state index contributed by atoms with van der Waals surface area (Å²) in [5.41, 5.74) is 1.12. The van der Waals surface area contributed by atoms with Crippen molar-refractivity contribution in [2.24, 2.45) is 0 Å². The first-order valence-corrected chi connectivity index (χ1v) is 11.4. The highest BCUT2D eigenvalue weighted by molar-refractivity contribution is 5.69. The second kappa shape index (κ2) is 10.1. The molecule has 0 spiro atoms. The molecule has 1 aromatic heterocycles. The third-order valence-electron chi connectivity index (χ3n) is 6.13. The summed E-state index contributed by atoms with van der Waals surface area (Å²) in [6.45, 7) is 2.83. The van der Waals surface area contributed by atoms with Crippen LogP contribution in [0.3, 0.4) is 0 Å². The molecular formula is C25H27F3N4O3. The molecule has 0 unspecified atom stereocenters. The normalized spacial score (nSPS) is 16.6. The molecule has 2 aromatic carbocycles. The van der Waals surface area contributed by atoms with E-state index in [0.29, 0.717) is 18.7 Å². The number of aliphatic carboxylic acids is 1. The van der Waals surface area contributed by atoms with Crippen molar-refractivity contribution in [1.82, 2.24) is 15.0 Å². The zero-order valence-corrected chi connectivity index (χ0v) is 19.5. The quantitative estimate of drug-likeness (QED) is 0.482. The van der Waals surface area contributed by atoms with Gasteiger partial charge in [-0.1, -0.05) is 23.4 Å². The van der Waals surface area contributed by atoms with Crippen LogP contribution in [0.25, 0.3) is 22.8 Å². The van der Waals surface area contributed by atoms with E-state index in [9.17, 15) is 18.0 Å². The Labute approximate surface area is 201 Å². The van der Waals surface area contributed by atoms with Gasteiger partial charge in [0.15, 0.2) is 0 Å². The molecular weight excluding hydrogens is 461 g/mol. The zero-order chi connectivity index (χ0) is 25.2. The highest BCUT2D eigenvalue weighted by atomic mass is 19.4. The molecule has 0 amide bonds. The van der Waals surface area contributed by atoms with Gasteiger partial charge < -0.3 is 14.5 Å². The number of halogens is 3. The minimum absolute atomic E-state index is 0.00265. The van der Waals surface area contributed by atoms with Crippen molar-refractivity contribution in [3.63, 3.8) is 0 Å². The van der Waals surface area contributed by atoms with Crippen LogP contribution >= 0.6 is 0 Å². The number of alkyl halides is 3. The van der Waals surface area contributed by atoms with Crippen LogP contribution in [0.5, 0.6) is 0 Å². The lowest BCUT2D eigenvalue weighted by Gasteiger charge is -2.37. The lowest BCUT2D eigenvalue weighted by molar-refractivity contribution is -0.138. The number of anilines is 1. The molecule has 0 saturated carbocycles. The maximum Gasteiger partial charge on any atom is 0.418 e. The maximum atomic E-state index is 14.0. The highest BCUT2D eigenvalue weighted by Gasteiger charge is 2.37. The van der Waals surface area contributed by atoms with E-state index in [4.69, 9.17) is 9.63 Å². The Hall–Kier alpha value is -3.40. The fourth-order valence-electron chi connectivity index (χ4n) is 4.47. The Kier molecular flexibility index (Phi) is 7.11. The maximum absolute atomic E-state index is 14.0. The van der Waals surface area contributed by atoms with E-state index in [1.165, 1.54) is 6.07 Å². The monoisotopic (exact) mass is 488 g/mol. The van der Waals surface area contributed by atoms with E-state index in [2.05, 4.69) is 10.1 Å². The SMILES string of the molecule is C[C@@H]1CCCCN1c1ccc(-c2nc(-c3cccc(CN(C)CC(=O)O)c3)no2)cc1C(F)(F)F. The van der Waals surface area contributed by atoms with Crippen LogP contribution < -0.4 is 4.90 Å². The van der Waals surface area contributed by atoms with Crippen molar-refractivity contribution >= 4 is 11.7 Å². The number of likely N-dealkylation sites (N-methyl/N-ethyl adjacent to an activating group) is 1. The van der Waals surface area contributed by atoms with Crippen LogP contribution in [-0.4, -0.2) is 52.3 Å². The van der Waals surface area contributed by atoms with Gasteiger partial charge in [0.05, 0.1) is 12.1 Å². The number of nitrogens with zero attached hydrogens (tertiary/aromatic N) is 4. The van der Waals surface area contributed by atoms with Gasteiger partial charge in [-0.15, -0.1) is 0 Å². The van der Waals surface area contributed by atoms with Crippen molar-refractivity contribution in [2.75, 3.05) is 25.0 Å². The van der Waals surface area contributed by atoms with E-state index in [-0.39, 0.29) is 35.6 Å². The van der Waals surface area contributed by atoms with Crippen molar-refractivity contribution in [1.29, 1.82) is 0 Å². The predicted octanol–water partition coefficient (Wildman–Crippen LogP) is 5.32. The molecule has 1 N–H and O–H groups in total. The molecule has 35 heavy (non-hydrogen) atoms. The fourth-order valence-corrected chi connectivity index (χ4v) is 4.47. The first-order valence-electron chi connectivity index (χ1n) is 11.4. The number of rotatable bonds is 7. The van der Waals surface area contributed by atoms with Gasteiger partial charge in [-0.25, -0.2) is 0 Å². The molecule has 3 aromatic rings. The highest BCUT2D eigenvalue weighted by Crippen LogP contribution is 2.41. The number of carbonyl (C=O) groups is 1. The lowest BCUT2D eigenvalue weighted by Crippen LogP contribution is -2.38. The summed E-state index contributed by atoms with van der Waals surface area (Å²) in [5, 5.41) is 12.9. The van der Waals surface area contributed by atoms with Gasteiger partial charge in [0, 0.05) is 35.9 Å². The predicted molar refractivity (Wildman–Crippen MR) is 125 cm³/mol. The molecule has 0 radical (unpaired) electrons. The minimum atomic E-state index is -4.53. The molecule has 7 nitrogen and oxygen atoms in total. The van der Waals surface area contributed by atoms with Crippen molar-refractivity contribution in [2.45, 2.75) is 44.9 Å². The molecule has 1 saturated heterocycles. The topological polar surface area (TPSA) is 82.7 Å². The van der Waals surface area contributed by atoms with Gasteiger partial charge >= 0.3 is 12.1 Å². The molecule has 186 valence electrons. The summed E-state index contributed by atoms with van der Waals surface area (Å²) >= 11 is 0. The van der Waals surface area contributed by atoms with Crippen molar-refractivity contribution < 1.29 is 27.6 Å². The number of carboxylic acid groups (broad SMARTS) is 1. The van der Waals surface area contributed by atoms with Crippen LogP contribution in [0.2, 0.25) is 0 Å². The van der Waals surface area contributed by atoms with Gasteiger partial charge in [-0.05, 0) is 63.1 Å². The van der Waals surface area contributed by atoms with Crippen LogP contribution in [0.15, 0.2) is 47.0 Å². The number of piperidine rings is 1. The van der Waals surface area contributed by atoms with Gasteiger partial charge in [0.1, 0.15) is 0 Å². The summed E-state index contributed by atoms with van der Waals surface area (Å²) in [4.78, 5) is 18.7. The zero-order valence-electron chi connectivity index (χ0n) is 19.5. The number of aromatic nitrogens is 2. The average Bonchev–Trinajstić information content (AvgIpc) is 3.28. The number of hydrogen-bond donors (Lipinski definition) is 1. The van der Waals surface area contributed by atoms with Crippen molar-refractivity contribution in [3.8, 4) is 22.8 Å². The van der Waals surface area contributed by atoms with Crippen molar-refractivity contribution in [3.05, 3.63) is 53.6 Å². The van der Waals surface area contributed by atoms with E-state index < -0.39 is 17.7 Å². The average molecular weight is 489 g/mol. The van der Waals surface area contributed by atoms with E-state index >= 15 is 0 Å². The molecule has 4 rings (SSSR count). The standard InChI is InChI=1S/C25H27F3N4O3/c1-16-6-3-4-11-32(16)21-10-9-19(13-20(21)25(26,27)28)24-29-23(30-35-24)18-8-5-7-17(12-18)14-31(2)15-22(33)34/h5,7-10,12-13,16H,3-4,6,11,14-15H2,1-2H3,(H,33,34)/t16-/m1/s1. The Morgan fingerprint density at radius 1 is 1.20 bits per heavy atom. The summed E-state index contributed by atoms with van der Waals surface area (Å²) < 4.78 is 47.3. The third kappa shape index (κ3) is 5.82. The van der Waals surface area contributed by atoms with Crippen LogP contribution in [0, 0.1) is 0 Å². The first-order chi connectivity index (χ1) is 16.6. The second-order valence-corrected chi connectivity index (χ2v) is 8.96. The lowest BCUT2D eigenvalue weighted by atomic mass is 9.99. The Morgan fingerprint density at radius 2 is 2.00 bits per heavy atom. The Morgan fingerprint density at radius 3 is 2.71 bits per heavy atom. The van der Waals surface area contributed by atoms with Crippen LogP contribution in [0.1, 0.15) is 37.3 Å². The fraction of sp³-hybridized carbons (Fsp3) is 0.400. The molecule has 0 bridgehead atoms. The molecule has 0 aliphatic carbocycles. The van der Waals surface area contributed by atoms with Gasteiger partial charge in [-0.2, -0.15) is 18.2 Å². The third-order valence-corrected chi connectivity index (χ3v) is 6.13. The summed E-state index contributed by atoms with van der Waals surface area (Å²) in [6, 6.07) is 11.4. The summed E-state index contributed by atoms with van der Waals surface area (Å²) in [5.74, 6) is -0.687. The van der Waals surface area contributed by atoms with E-state index in [1.807, 2.05) is 17.9 Å². The smallest absolute Gasteiger partial charge is 0.418 e. The van der Waals surface area contributed by atoms with E-state index in [1.54, 1.807) is 36.2 Å². The van der Waals surface area contributed by atoms with Gasteiger partial charge in [-0.3, -0.25) is 9.69 Å². The number of hydrogen-bond acceptors (Lipinski definition) is 6. The molecule has 1 aliphatic rings. The van der Waals surface area contributed by atoms with Gasteiger partial charge in [0.2, 0.25) is 5.82 Å². The molecule has 1 aliphatic heterocycles. The number of carboxylic acids is 1. The van der Waals surface area contributed by atoms with Crippen LogP contribution in [-0.2, 0) is 17.5 Å². The molecule has 10 heteroatoms. The van der Waals surface area contributed by atoms with Crippen LogP contribution in [0.4, 0.5) is 18.9 Å². The summed E-state index contributed by atoms with van der Waals surface area (Å²) in [7, 11) is 1.69. The minimum Gasteiger partial charge on any atom is -0.480 e. The van der Waals surface area contributed by atoms with E-state index in [0.717, 1.165) is 30.9 Å². The molecule has 1 atom stereocenters. The molecule has 1 fully saturated rings. The Bertz CT molecular complexity index is 1190. The molecule has 2 heterocycles. The number of benzene rings is 2. The summed E-state index contributed by atoms with van der Waals surface area (Å²) in [6.07, 6.45) is -1.79. The second-order valence-electron chi connectivity index (χ2n) is 8.96. The first kappa shape index (κ1) is 24.7.